The number of rotatable bonds is 9. The number of anilines is 1. The van der Waals surface area contributed by atoms with Gasteiger partial charge in [0.25, 0.3) is 0 Å². The quantitative estimate of drug-likeness (QED) is 0.606. The van der Waals surface area contributed by atoms with E-state index in [-0.39, 0.29) is 13.2 Å². The summed E-state index contributed by atoms with van der Waals surface area (Å²) >= 11 is 6.05. The van der Waals surface area contributed by atoms with Gasteiger partial charge in [-0.05, 0) is 43.7 Å². The van der Waals surface area contributed by atoms with Gasteiger partial charge in [-0.15, -0.1) is 0 Å². The molecule has 0 bridgehead atoms. The average Bonchev–Trinajstić information content (AvgIpc) is 2.66. The predicted octanol–water partition coefficient (Wildman–Crippen LogP) is 3.01. The number of nitrogens with one attached hydrogen (secondary N) is 1. The normalized spacial score (nSPS) is 12.2. The molecule has 2 aromatic carbocycles. The van der Waals surface area contributed by atoms with Crippen molar-refractivity contribution in [2.24, 2.45) is 0 Å². The second-order valence-corrected chi connectivity index (χ2v) is 8.75. The van der Waals surface area contributed by atoms with Crippen LogP contribution in [0.25, 0.3) is 0 Å². The molecule has 0 saturated heterocycles. The van der Waals surface area contributed by atoms with E-state index in [9.17, 15) is 13.2 Å². The maximum absolute atomic E-state index is 12.5. The van der Waals surface area contributed by atoms with Gasteiger partial charge in [-0.25, -0.2) is 8.42 Å². The van der Waals surface area contributed by atoms with Crippen molar-refractivity contribution in [3.8, 4) is 11.5 Å². The molecule has 9 heteroatoms. The van der Waals surface area contributed by atoms with Crippen LogP contribution in [-0.4, -0.2) is 46.9 Å². The summed E-state index contributed by atoms with van der Waals surface area (Å²) in [4.78, 5) is 12.5. The summed E-state index contributed by atoms with van der Waals surface area (Å²) in [6, 6.07) is 10.9. The Morgan fingerprint density at radius 1 is 1.21 bits per heavy atom. The van der Waals surface area contributed by atoms with Gasteiger partial charge >= 0.3 is 0 Å². The fourth-order valence-corrected chi connectivity index (χ4v) is 4.05. The van der Waals surface area contributed by atoms with E-state index in [4.69, 9.17) is 21.1 Å². The van der Waals surface area contributed by atoms with Gasteiger partial charge in [0.1, 0.15) is 24.1 Å². The molecule has 0 heterocycles. The Morgan fingerprint density at radius 3 is 2.55 bits per heavy atom. The number of aryl methyl sites for hydroxylation is 1. The van der Waals surface area contributed by atoms with Crippen LogP contribution in [-0.2, 0) is 14.8 Å². The largest absolute Gasteiger partial charge is 0.497 e. The van der Waals surface area contributed by atoms with E-state index in [1.54, 1.807) is 36.4 Å². The van der Waals surface area contributed by atoms with Crippen LogP contribution in [0.15, 0.2) is 42.5 Å². The van der Waals surface area contributed by atoms with Gasteiger partial charge in [-0.1, -0.05) is 23.7 Å². The van der Waals surface area contributed by atoms with Crippen molar-refractivity contribution in [3.63, 3.8) is 0 Å². The molecule has 0 radical (unpaired) electrons. The van der Waals surface area contributed by atoms with Crippen molar-refractivity contribution in [2.45, 2.75) is 19.9 Å². The van der Waals surface area contributed by atoms with Gasteiger partial charge < -0.3 is 14.8 Å². The minimum Gasteiger partial charge on any atom is -0.497 e. The van der Waals surface area contributed by atoms with Crippen molar-refractivity contribution < 1.29 is 22.7 Å². The van der Waals surface area contributed by atoms with Crippen LogP contribution in [0.2, 0.25) is 5.02 Å². The summed E-state index contributed by atoms with van der Waals surface area (Å²) in [5.41, 5.74) is 1.29. The van der Waals surface area contributed by atoms with Crippen molar-refractivity contribution in [1.82, 2.24) is 5.32 Å². The van der Waals surface area contributed by atoms with E-state index in [2.05, 4.69) is 5.32 Å². The Labute approximate surface area is 176 Å². The maximum Gasteiger partial charge on any atom is 0.243 e. The summed E-state index contributed by atoms with van der Waals surface area (Å²) < 4.78 is 36.4. The third-order valence-electron chi connectivity index (χ3n) is 4.21. The van der Waals surface area contributed by atoms with Crippen LogP contribution in [0, 0.1) is 6.92 Å². The summed E-state index contributed by atoms with van der Waals surface area (Å²) in [5, 5.41) is 3.29. The number of nitrogens with zero attached hydrogens (tertiary/aromatic N) is 1. The molecular formula is C20H25ClN2O5S. The van der Waals surface area contributed by atoms with Crippen molar-refractivity contribution in [3.05, 3.63) is 53.1 Å². The first-order chi connectivity index (χ1) is 13.6. The summed E-state index contributed by atoms with van der Waals surface area (Å²) in [7, 11) is -2.21. The molecule has 29 heavy (non-hydrogen) atoms. The van der Waals surface area contributed by atoms with Crippen LogP contribution in [0.1, 0.15) is 12.5 Å². The Morgan fingerprint density at radius 2 is 1.93 bits per heavy atom. The van der Waals surface area contributed by atoms with E-state index in [0.717, 1.165) is 16.1 Å². The number of halogens is 1. The lowest BCUT2D eigenvalue weighted by atomic mass is 10.2. The number of carbonyl (C=O) groups is 1. The number of carbonyl (C=O) groups excluding carboxylic acids is 1. The van der Waals surface area contributed by atoms with Crippen LogP contribution in [0.4, 0.5) is 5.69 Å². The minimum atomic E-state index is -3.70. The second-order valence-electron chi connectivity index (χ2n) is 6.49. The molecule has 2 rings (SSSR count). The number of amides is 1. The van der Waals surface area contributed by atoms with Crippen LogP contribution >= 0.6 is 11.6 Å². The number of ether oxygens (including phenoxy) is 2. The van der Waals surface area contributed by atoms with Crippen LogP contribution in [0.5, 0.6) is 11.5 Å². The lowest BCUT2D eigenvalue weighted by molar-refractivity contribution is -0.121. The SMILES string of the molecule is COc1cccc(N(C(C)C(=O)NCCOc2ccc(C)c(Cl)c2)S(C)(=O)=O)c1. The predicted molar refractivity (Wildman–Crippen MR) is 114 cm³/mol. The first-order valence-corrected chi connectivity index (χ1v) is 11.2. The van der Waals surface area contributed by atoms with E-state index >= 15 is 0 Å². The average molecular weight is 441 g/mol. The summed E-state index contributed by atoms with van der Waals surface area (Å²) in [6.07, 6.45) is 1.06. The maximum atomic E-state index is 12.5. The fourth-order valence-electron chi connectivity index (χ4n) is 2.71. The standard InChI is InChI=1S/C20H25ClN2O5S/c1-14-8-9-18(13-19(14)21)28-11-10-22-20(24)15(2)23(29(4,25)26)16-6-5-7-17(12-16)27-3/h5-9,12-13,15H,10-11H2,1-4H3,(H,22,24). The lowest BCUT2D eigenvalue weighted by Crippen LogP contribution is -2.48. The molecular weight excluding hydrogens is 416 g/mol. The molecule has 0 aliphatic rings. The first kappa shape index (κ1) is 22.8. The van der Waals surface area contributed by atoms with Crippen LogP contribution in [0.3, 0.4) is 0 Å². The van der Waals surface area contributed by atoms with Gasteiger partial charge in [-0.3, -0.25) is 9.10 Å². The topological polar surface area (TPSA) is 84.9 Å². The number of benzene rings is 2. The van der Waals surface area contributed by atoms with Gasteiger partial charge in [0.05, 0.1) is 25.6 Å². The highest BCUT2D eigenvalue weighted by Gasteiger charge is 2.29. The zero-order valence-corrected chi connectivity index (χ0v) is 18.4. The number of methoxy groups -OCH3 is 1. The molecule has 1 amide bonds. The zero-order valence-electron chi connectivity index (χ0n) is 16.8. The molecule has 1 atom stereocenters. The summed E-state index contributed by atoms with van der Waals surface area (Å²) in [5.74, 6) is 0.648. The van der Waals surface area contributed by atoms with E-state index in [0.29, 0.717) is 22.2 Å². The van der Waals surface area contributed by atoms with Crippen molar-refractivity contribution >= 4 is 33.2 Å². The lowest BCUT2D eigenvalue weighted by Gasteiger charge is -2.28. The Kier molecular flexibility index (Phi) is 7.75. The molecule has 0 fully saturated rings. The molecule has 0 aliphatic heterocycles. The van der Waals surface area contributed by atoms with Crippen molar-refractivity contribution in [1.29, 1.82) is 0 Å². The highest BCUT2D eigenvalue weighted by Crippen LogP contribution is 2.25. The third-order valence-corrected chi connectivity index (χ3v) is 5.86. The number of sulfonamides is 1. The highest BCUT2D eigenvalue weighted by molar-refractivity contribution is 7.92. The monoisotopic (exact) mass is 440 g/mol. The Bertz CT molecular complexity index is 965. The van der Waals surface area contributed by atoms with Gasteiger partial charge in [0.2, 0.25) is 15.9 Å². The summed E-state index contributed by atoms with van der Waals surface area (Å²) in [6.45, 7) is 3.85. The molecule has 2 aromatic rings. The third kappa shape index (κ3) is 6.27. The molecule has 0 aliphatic carbocycles. The number of hydrogen-bond acceptors (Lipinski definition) is 5. The van der Waals surface area contributed by atoms with Gasteiger partial charge in [-0.2, -0.15) is 0 Å². The molecule has 7 nitrogen and oxygen atoms in total. The second kappa shape index (κ2) is 9.84. The molecule has 158 valence electrons. The smallest absolute Gasteiger partial charge is 0.243 e. The van der Waals surface area contributed by atoms with E-state index in [1.165, 1.54) is 14.0 Å². The Balaban J connectivity index is 2.00. The van der Waals surface area contributed by atoms with Crippen molar-refractivity contribution in [2.75, 3.05) is 30.8 Å². The van der Waals surface area contributed by atoms with E-state index < -0.39 is 22.0 Å². The fraction of sp³-hybridized carbons (Fsp3) is 0.350. The van der Waals surface area contributed by atoms with Gasteiger partial charge in [0, 0.05) is 11.1 Å². The molecule has 1 unspecified atom stereocenters. The Hall–Kier alpha value is -2.45. The molecule has 0 spiro atoms. The highest BCUT2D eigenvalue weighted by atomic mass is 35.5. The van der Waals surface area contributed by atoms with Crippen LogP contribution < -0.4 is 19.1 Å². The number of hydrogen-bond donors (Lipinski definition) is 1. The van der Waals surface area contributed by atoms with Gasteiger partial charge in [0.15, 0.2) is 0 Å². The zero-order chi connectivity index (χ0) is 21.6. The molecule has 1 N–H and O–H groups in total. The van der Waals surface area contributed by atoms with E-state index in [1.807, 2.05) is 13.0 Å². The minimum absolute atomic E-state index is 0.213. The molecule has 0 aromatic heterocycles. The molecule has 0 saturated carbocycles. The first-order valence-electron chi connectivity index (χ1n) is 8.93.